The molecule has 3 aliphatic rings. The Morgan fingerprint density at radius 2 is 1.96 bits per heavy atom. The van der Waals surface area contributed by atoms with Crippen LogP contribution in [0.2, 0.25) is 0 Å². The molecule has 2 aliphatic carbocycles. The molecule has 4 rings (SSSR count). The van der Waals surface area contributed by atoms with Gasteiger partial charge in [-0.2, -0.15) is 0 Å². The number of methoxy groups -OCH3 is 1. The normalized spacial score (nSPS) is 32.0. The summed E-state index contributed by atoms with van der Waals surface area (Å²) in [4.78, 5) is 15.3. The van der Waals surface area contributed by atoms with Crippen molar-refractivity contribution < 1.29 is 9.53 Å². The SMILES string of the molecule is COc1ccc(C2CCCCN(C(=O)C3CC4C=CC3C4)C2)cc1. The van der Waals surface area contributed by atoms with E-state index in [4.69, 9.17) is 4.74 Å². The summed E-state index contributed by atoms with van der Waals surface area (Å²) in [7, 11) is 1.70. The molecule has 1 amide bonds. The van der Waals surface area contributed by atoms with Crippen molar-refractivity contribution in [2.45, 2.75) is 38.0 Å². The van der Waals surface area contributed by atoms with Crippen LogP contribution < -0.4 is 4.74 Å². The summed E-state index contributed by atoms with van der Waals surface area (Å²) in [5.74, 6) is 3.17. The summed E-state index contributed by atoms with van der Waals surface area (Å²) in [5.41, 5.74) is 1.34. The van der Waals surface area contributed by atoms with E-state index in [9.17, 15) is 4.79 Å². The molecule has 0 N–H and O–H groups in total. The van der Waals surface area contributed by atoms with E-state index in [-0.39, 0.29) is 5.92 Å². The van der Waals surface area contributed by atoms with Crippen LogP contribution >= 0.6 is 0 Å². The van der Waals surface area contributed by atoms with Crippen molar-refractivity contribution in [2.75, 3.05) is 20.2 Å². The van der Waals surface area contributed by atoms with Gasteiger partial charge < -0.3 is 9.64 Å². The summed E-state index contributed by atoms with van der Waals surface area (Å²) in [6.07, 6.45) is 10.4. The van der Waals surface area contributed by atoms with E-state index in [2.05, 4.69) is 29.2 Å². The largest absolute Gasteiger partial charge is 0.497 e. The first kappa shape index (κ1) is 15.7. The first-order valence-corrected chi connectivity index (χ1v) is 9.35. The maximum absolute atomic E-state index is 13.1. The number of fused-ring (bicyclic) bond motifs is 2. The number of carbonyl (C=O) groups excluding carboxylic acids is 1. The van der Waals surface area contributed by atoms with E-state index in [0.29, 0.717) is 23.7 Å². The predicted octanol–water partition coefficient (Wildman–Crippen LogP) is 4.00. The molecule has 1 aromatic carbocycles. The van der Waals surface area contributed by atoms with Gasteiger partial charge in [0.25, 0.3) is 0 Å². The number of hydrogen-bond donors (Lipinski definition) is 0. The molecule has 1 saturated heterocycles. The molecule has 4 unspecified atom stereocenters. The maximum atomic E-state index is 13.1. The third kappa shape index (κ3) is 2.97. The van der Waals surface area contributed by atoms with Crippen molar-refractivity contribution >= 4 is 5.91 Å². The topological polar surface area (TPSA) is 29.5 Å². The minimum Gasteiger partial charge on any atom is -0.497 e. The lowest BCUT2D eigenvalue weighted by Gasteiger charge is -2.29. The molecule has 0 aromatic heterocycles. The van der Waals surface area contributed by atoms with Crippen LogP contribution in [-0.2, 0) is 4.79 Å². The maximum Gasteiger partial charge on any atom is 0.226 e. The fourth-order valence-corrected chi connectivity index (χ4v) is 4.79. The van der Waals surface area contributed by atoms with Crippen molar-refractivity contribution in [3.8, 4) is 5.75 Å². The molecule has 1 aromatic rings. The Kier molecular flexibility index (Phi) is 4.34. The predicted molar refractivity (Wildman–Crippen MR) is 95.0 cm³/mol. The summed E-state index contributed by atoms with van der Waals surface area (Å²) in [5, 5.41) is 0. The Morgan fingerprint density at radius 1 is 1.12 bits per heavy atom. The highest BCUT2D eigenvalue weighted by Gasteiger charge is 2.41. The van der Waals surface area contributed by atoms with Gasteiger partial charge in [-0.05, 0) is 55.2 Å². The zero-order valence-corrected chi connectivity index (χ0v) is 14.5. The first-order valence-electron chi connectivity index (χ1n) is 9.35. The fourth-order valence-electron chi connectivity index (χ4n) is 4.79. The van der Waals surface area contributed by atoms with E-state index in [1.54, 1.807) is 7.11 Å². The average Bonchev–Trinajstić information content (AvgIpc) is 3.17. The number of rotatable bonds is 3. The van der Waals surface area contributed by atoms with Crippen molar-refractivity contribution in [1.82, 2.24) is 4.90 Å². The average molecular weight is 325 g/mol. The molecule has 3 heteroatoms. The smallest absolute Gasteiger partial charge is 0.226 e. The molecule has 1 aliphatic heterocycles. The van der Waals surface area contributed by atoms with Gasteiger partial charge in [-0.25, -0.2) is 0 Å². The lowest BCUT2D eigenvalue weighted by atomic mass is 9.91. The van der Waals surface area contributed by atoms with Crippen LogP contribution in [-0.4, -0.2) is 31.0 Å². The van der Waals surface area contributed by atoms with Gasteiger partial charge in [0.1, 0.15) is 5.75 Å². The number of nitrogens with zero attached hydrogens (tertiary/aromatic N) is 1. The Bertz CT molecular complexity index is 621. The zero-order chi connectivity index (χ0) is 16.5. The number of ether oxygens (including phenoxy) is 1. The third-order valence-corrected chi connectivity index (χ3v) is 6.17. The zero-order valence-electron chi connectivity index (χ0n) is 14.5. The van der Waals surface area contributed by atoms with Crippen molar-refractivity contribution in [3.05, 3.63) is 42.0 Å². The molecule has 1 saturated carbocycles. The van der Waals surface area contributed by atoms with Gasteiger partial charge in [0.05, 0.1) is 7.11 Å². The van der Waals surface area contributed by atoms with Gasteiger partial charge in [-0.1, -0.05) is 30.7 Å². The molecule has 2 fully saturated rings. The number of likely N-dealkylation sites (tertiary alicyclic amines) is 1. The van der Waals surface area contributed by atoms with Crippen LogP contribution in [0, 0.1) is 17.8 Å². The summed E-state index contributed by atoms with van der Waals surface area (Å²) >= 11 is 0. The number of allylic oxidation sites excluding steroid dienone is 2. The Morgan fingerprint density at radius 3 is 2.62 bits per heavy atom. The van der Waals surface area contributed by atoms with Crippen LogP contribution in [0.25, 0.3) is 0 Å². The highest BCUT2D eigenvalue weighted by molar-refractivity contribution is 5.80. The van der Waals surface area contributed by atoms with Crippen LogP contribution in [0.15, 0.2) is 36.4 Å². The number of benzene rings is 1. The molecular weight excluding hydrogens is 298 g/mol. The van der Waals surface area contributed by atoms with Crippen molar-refractivity contribution in [3.63, 3.8) is 0 Å². The Balaban J connectivity index is 1.47. The van der Waals surface area contributed by atoms with Crippen molar-refractivity contribution in [1.29, 1.82) is 0 Å². The molecule has 0 spiro atoms. The second-order valence-electron chi connectivity index (χ2n) is 7.64. The molecule has 1 heterocycles. The standard InChI is InChI=1S/C21H27NO2/c1-24-19-9-7-16(8-10-19)18-4-2-3-11-22(14-18)21(23)20-13-15-5-6-17(20)12-15/h5-10,15,17-18,20H,2-4,11-14H2,1H3. The number of carbonyl (C=O) groups is 1. The minimum atomic E-state index is 0.245. The molecule has 3 nitrogen and oxygen atoms in total. The summed E-state index contributed by atoms with van der Waals surface area (Å²) in [6, 6.07) is 8.40. The summed E-state index contributed by atoms with van der Waals surface area (Å²) in [6.45, 7) is 1.81. The molecule has 0 radical (unpaired) electrons. The molecule has 4 atom stereocenters. The summed E-state index contributed by atoms with van der Waals surface area (Å²) < 4.78 is 5.27. The van der Waals surface area contributed by atoms with E-state index in [1.165, 1.54) is 24.8 Å². The Hall–Kier alpha value is -1.77. The number of amides is 1. The van der Waals surface area contributed by atoms with Crippen molar-refractivity contribution in [2.24, 2.45) is 17.8 Å². The van der Waals surface area contributed by atoms with E-state index >= 15 is 0 Å². The van der Waals surface area contributed by atoms with Gasteiger partial charge in [-0.15, -0.1) is 0 Å². The lowest BCUT2D eigenvalue weighted by molar-refractivity contribution is -0.136. The highest BCUT2D eigenvalue weighted by Crippen LogP contribution is 2.44. The molecule has 2 bridgehead atoms. The monoisotopic (exact) mass is 325 g/mol. The highest BCUT2D eigenvalue weighted by atomic mass is 16.5. The third-order valence-electron chi connectivity index (χ3n) is 6.17. The van der Waals surface area contributed by atoms with Crippen LogP contribution in [0.5, 0.6) is 5.75 Å². The second kappa shape index (κ2) is 6.62. The molecule has 24 heavy (non-hydrogen) atoms. The van der Waals surface area contributed by atoms with E-state index < -0.39 is 0 Å². The van der Waals surface area contributed by atoms with Gasteiger partial charge >= 0.3 is 0 Å². The van der Waals surface area contributed by atoms with Crippen LogP contribution in [0.4, 0.5) is 0 Å². The van der Waals surface area contributed by atoms with Crippen LogP contribution in [0.1, 0.15) is 43.6 Å². The second-order valence-corrected chi connectivity index (χ2v) is 7.64. The van der Waals surface area contributed by atoms with Gasteiger partial charge in [-0.3, -0.25) is 4.79 Å². The quantitative estimate of drug-likeness (QED) is 0.786. The van der Waals surface area contributed by atoms with E-state index in [1.807, 2.05) is 12.1 Å². The van der Waals surface area contributed by atoms with Crippen LogP contribution in [0.3, 0.4) is 0 Å². The minimum absolute atomic E-state index is 0.245. The molecular formula is C21H27NO2. The number of hydrogen-bond acceptors (Lipinski definition) is 2. The van der Waals surface area contributed by atoms with Gasteiger partial charge in [0.2, 0.25) is 5.91 Å². The first-order chi connectivity index (χ1) is 11.7. The molecule has 128 valence electrons. The lowest BCUT2D eigenvalue weighted by Crippen LogP contribution is -2.39. The van der Waals surface area contributed by atoms with Gasteiger partial charge in [0.15, 0.2) is 0 Å². The van der Waals surface area contributed by atoms with Gasteiger partial charge in [0, 0.05) is 24.9 Å². The Labute approximate surface area is 144 Å². The fraction of sp³-hybridized carbons (Fsp3) is 0.571. The van der Waals surface area contributed by atoms with E-state index in [0.717, 1.165) is 31.7 Å².